The van der Waals surface area contributed by atoms with E-state index in [2.05, 4.69) is 0 Å². The molecule has 0 saturated carbocycles. The van der Waals surface area contributed by atoms with Gasteiger partial charge in [0, 0.05) is 18.2 Å². The van der Waals surface area contributed by atoms with Crippen molar-refractivity contribution in [2.24, 2.45) is 11.8 Å². The van der Waals surface area contributed by atoms with Crippen LogP contribution in [-0.2, 0) is 9.59 Å². The first-order valence-corrected chi connectivity index (χ1v) is 7.03. The minimum atomic E-state index is -0.547. The van der Waals surface area contributed by atoms with Crippen molar-refractivity contribution in [2.45, 2.75) is 33.6 Å². The number of ketones is 1. The highest BCUT2D eigenvalue weighted by Crippen LogP contribution is 2.27. The van der Waals surface area contributed by atoms with E-state index in [1.165, 1.54) is 6.07 Å². The summed E-state index contributed by atoms with van der Waals surface area (Å²) in [5, 5.41) is 0. The molecule has 1 amide bonds. The van der Waals surface area contributed by atoms with E-state index in [4.69, 9.17) is 0 Å². The zero-order chi connectivity index (χ0) is 14.9. The molecule has 0 N–H and O–H groups in total. The number of anilines is 1. The van der Waals surface area contributed by atoms with Gasteiger partial charge >= 0.3 is 0 Å². The highest BCUT2D eigenvalue weighted by molar-refractivity contribution is 6.09. The molecule has 0 unspecified atom stereocenters. The Bertz CT molecular complexity index is 539. The molecule has 3 nitrogen and oxygen atoms in total. The summed E-state index contributed by atoms with van der Waals surface area (Å²) in [6.45, 7) is 5.89. The molecule has 0 bridgehead atoms. The number of carbonyl (C=O) groups excluding carboxylic acids is 2. The van der Waals surface area contributed by atoms with Crippen molar-refractivity contribution in [3.63, 3.8) is 0 Å². The molecule has 1 fully saturated rings. The molecule has 20 heavy (non-hydrogen) atoms. The van der Waals surface area contributed by atoms with Gasteiger partial charge in [0.15, 0.2) is 0 Å². The van der Waals surface area contributed by atoms with Crippen molar-refractivity contribution in [1.29, 1.82) is 0 Å². The van der Waals surface area contributed by atoms with E-state index in [1.54, 1.807) is 24.0 Å². The Morgan fingerprint density at radius 1 is 1.40 bits per heavy atom. The van der Waals surface area contributed by atoms with Crippen LogP contribution in [0.5, 0.6) is 0 Å². The van der Waals surface area contributed by atoms with Crippen LogP contribution in [0.2, 0.25) is 0 Å². The molecule has 1 aliphatic rings. The lowest BCUT2D eigenvalue weighted by Crippen LogP contribution is -2.45. The summed E-state index contributed by atoms with van der Waals surface area (Å²) in [5.41, 5.74) is 1.18. The van der Waals surface area contributed by atoms with E-state index in [-0.39, 0.29) is 23.4 Å². The maximum absolute atomic E-state index is 13.3. The molecule has 0 radical (unpaired) electrons. The number of hydrogen-bond acceptors (Lipinski definition) is 2. The topological polar surface area (TPSA) is 37.4 Å². The lowest BCUT2D eigenvalue weighted by molar-refractivity contribution is -0.135. The molecule has 4 heteroatoms. The molecule has 1 aromatic carbocycles. The molecular formula is C16H20FNO2. The summed E-state index contributed by atoms with van der Waals surface area (Å²) >= 11 is 0. The molecule has 1 atom stereocenters. The molecular weight excluding hydrogens is 257 g/mol. The predicted octanol–water partition coefficient (Wildman–Crippen LogP) is 3.10. The fraction of sp³-hybridized carbons (Fsp3) is 0.500. The summed E-state index contributed by atoms with van der Waals surface area (Å²) in [6.07, 6.45) is 1.41. The Hall–Kier alpha value is -1.71. The number of piperidine rings is 1. The number of nitrogens with zero attached hydrogens (tertiary/aromatic N) is 1. The lowest BCUT2D eigenvalue weighted by atomic mass is 9.87. The first kappa shape index (κ1) is 14.7. The second-order valence-corrected chi connectivity index (χ2v) is 5.68. The average molecular weight is 277 g/mol. The summed E-state index contributed by atoms with van der Waals surface area (Å²) in [4.78, 5) is 26.2. The Labute approximate surface area is 118 Å². The van der Waals surface area contributed by atoms with Gasteiger partial charge in [-0.05, 0) is 43.5 Å². The van der Waals surface area contributed by atoms with Gasteiger partial charge in [-0.25, -0.2) is 4.39 Å². The number of amides is 1. The number of hydrogen-bond donors (Lipinski definition) is 0. The van der Waals surface area contributed by atoms with Crippen molar-refractivity contribution in [3.8, 4) is 0 Å². The predicted molar refractivity (Wildman–Crippen MR) is 76.1 cm³/mol. The third-order valence-corrected chi connectivity index (χ3v) is 3.80. The molecule has 1 aromatic rings. The van der Waals surface area contributed by atoms with Crippen molar-refractivity contribution in [1.82, 2.24) is 0 Å². The SMILES string of the molecule is Cc1cc(N2CCC[C@@H](C(=O)C(C)C)C2=O)ccc1F. The third-order valence-electron chi connectivity index (χ3n) is 3.80. The summed E-state index contributed by atoms with van der Waals surface area (Å²) in [7, 11) is 0. The number of aryl methyl sites for hydroxylation is 1. The highest BCUT2D eigenvalue weighted by atomic mass is 19.1. The normalized spacial score (nSPS) is 19.6. The maximum Gasteiger partial charge on any atom is 0.237 e. The van der Waals surface area contributed by atoms with E-state index < -0.39 is 5.92 Å². The number of halogens is 1. The van der Waals surface area contributed by atoms with Crippen LogP contribution < -0.4 is 4.90 Å². The van der Waals surface area contributed by atoms with E-state index in [0.717, 1.165) is 6.42 Å². The summed E-state index contributed by atoms with van der Waals surface area (Å²) in [5.74, 6) is -1.12. The zero-order valence-corrected chi connectivity index (χ0v) is 12.1. The summed E-state index contributed by atoms with van der Waals surface area (Å²) < 4.78 is 13.3. The van der Waals surface area contributed by atoms with Crippen molar-refractivity contribution < 1.29 is 14.0 Å². The minimum Gasteiger partial charge on any atom is -0.312 e. The monoisotopic (exact) mass is 277 g/mol. The highest BCUT2D eigenvalue weighted by Gasteiger charge is 2.35. The molecule has 2 rings (SSSR count). The smallest absolute Gasteiger partial charge is 0.237 e. The number of benzene rings is 1. The Morgan fingerprint density at radius 3 is 2.70 bits per heavy atom. The van der Waals surface area contributed by atoms with Gasteiger partial charge in [0.25, 0.3) is 0 Å². The van der Waals surface area contributed by atoms with Gasteiger partial charge in [-0.3, -0.25) is 9.59 Å². The van der Waals surface area contributed by atoms with E-state index >= 15 is 0 Å². The molecule has 1 heterocycles. The van der Waals surface area contributed by atoms with Crippen LogP contribution >= 0.6 is 0 Å². The van der Waals surface area contributed by atoms with Gasteiger partial charge in [-0.1, -0.05) is 13.8 Å². The fourth-order valence-electron chi connectivity index (χ4n) is 2.59. The van der Waals surface area contributed by atoms with Crippen LogP contribution in [0.15, 0.2) is 18.2 Å². The van der Waals surface area contributed by atoms with Crippen LogP contribution in [0.1, 0.15) is 32.3 Å². The molecule has 1 aliphatic heterocycles. The fourth-order valence-corrected chi connectivity index (χ4v) is 2.59. The summed E-state index contributed by atoms with van der Waals surface area (Å²) in [6, 6.07) is 4.63. The van der Waals surface area contributed by atoms with Gasteiger partial charge in [0.05, 0.1) is 5.92 Å². The van der Waals surface area contributed by atoms with Crippen LogP contribution in [0.3, 0.4) is 0 Å². The van der Waals surface area contributed by atoms with Gasteiger partial charge < -0.3 is 4.90 Å². The molecule has 108 valence electrons. The molecule has 0 spiro atoms. The number of rotatable bonds is 3. The second kappa shape index (κ2) is 5.73. The van der Waals surface area contributed by atoms with Crippen molar-refractivity contribution in [2.75, 3.05) is 11.4 Å². The van der Waals surface area contributed by atoms with Gasteiger partial charge in [-0.2, -0.15) is 0 Å². The Balaban J connectivity index is 2.26. The van der Waals surface area contributed by atoms with E-state index in [9.17, 15) is 14.0 Å². The van der Waals surface area contributed by atoms with Crippen molar-refractivity contribution >= 4 is 17.4 Å². The van der Waals surface area contributed by atoms with Gasteiger partial charge in [0.1, 0.15) is 11.6 Å². The Kier molecular flexibility index (Phi) is 4.21. The Morgan fingerprint density at radius 2 is 2.10 bits per heavy atom. The number of Topliss-reactive ketones (excluding diaryl/α,β-unsaturated/α-hetero) is 1. The number of carbonyl (C=O) groups is 2. The van der Waals surface area contributed by atoms with Crippen LogP contribution in [0, 0.1) is 24.6 Å². The van der Waals surface area contributed by atoms with E-state index in [0.29, 0.717) is 24.2 Å². The minimum absolute atomic E-state index is 0.00136. The van der Waals surface area contributed by atoms with Crippen LogP contribution in [0.4, 0.5) is 10.1 Å². The first-order chi connectivity index (χ1) is 9.41. The van der Waals surface area contributed by atoms with Crippen molar-refractivity contribution in [3.05, 3.63) is 29.6 Å². The molecule has 0 aromatic heterocycles. The van der Waals surface area contributed by atoms with Gasteiger partial charge in [-0.15, -0.1) is 0 Å². The second-order valence-electron chi connectivity index (χ2n) is 5.68. The quantitative estimate of drug-likeness (QED) is 0.796. The zero-order valence-electron chi connectivity index (χ0n) is 12.1. The van der Waals surface area contributed by atoms with Crippen LogP contribution in [-0.4, -0.2) is 18.2 Å². The molecule has 0 aliphatic carbocycles. The maximum atomic E-state index is 13.3. The first-order valence-electron chi connectivity index (χ1n) is 7.03. The largest absolute Gasteiger partial charge is 0.312 e. The average Bonchev–Trinajstić information content (AvgIpc) is 2.41. The molecule has 1 saturated heterocycles. The lowest BCUT2D eigenvalue weighted by Gasteiger charge is -2.32. The third kappa shape index (κ3) is 2.74. The van der Waals surface area contributed by atoms with E-state index in [1.807, 2.05) is 13.8 Å². The van der Waals surface area contributed by atoms with Gasteiger partial charge in [0.2, 0.25) is 5.91 Å². The van der Waals surface area contributed by atoms with Crippen LogP contribution in [0.25, 0.3) is 0 Å². The standard InChI is InChI=1S/C16H20FNO2/c1-10(2)15(19)13-5-4-8-18(16(13)20)12-6-7-14(17)11(3)9-12/h6-7,9-10,13H,4-5,8H2,1-3H3/t13-/m0/s1.